The number of carbonyl (C=O) groups is 2. The molecule has 0 unspecified atom stereocenters. The van der Waals surface area contributed by atoms with Crippen LogP contribution in [0.3, 0.4) is 0 Å². The molecular formula is C7H11N3O3. The SMILES string of the molecule is CC1(C)CC(=O)N/C(=N\C(=O)O)N1. The number of carbonyl (C=O) groups excluding carboxylic acids is 1. The summed E-state index contributed by atoms with van der Waals surface area (Å²) in [6.45, 7) is 3.59. The van der Waals surface area contributed by atoms with E-state index in [9.17, 15) is 9.59 Å². The van der Waals surface area contributed by atoms with Crippen molar-refractivity contribution < 1.29 is 14.7 Å². The van der Waals surface area contributed by atoms with E-state index < -0.39 is 11.6 Å². The van der Waals surface area contributed by atoms with Crippen molar-refractivity contribution in [2.24, 2.45) is 4.99 Å². The van der Waals surface area contributed by atoms with Gasteiger partial charge in [-0.2, -0.15) is 0 Å². The molecule has 1 heterocycles. The predicted octanol–water partition coefficient (Wildman–Crippen LogP) is -0.0915. The summed E-state index contributed by atoms with van der Waals surface area (Å²) < 4.78 is 0. The molecule has 1 rings (SSSR count). The van der Waals surface area contributed by atoms with E-state index >= 15 is 0 Å². The van der Waals surface area contributed by atoms with Crippen molar-refractivity contribution in [2.45, 2.75) is 25.8 Å². The minimum Gasteiger partial charge on any atom is -0.463 e. The first-order valence-electron chi connectivity index (χ1n) is 3.79. The van der Waals surface area contributed by atoms with E-state index in [-0.39, 0.29) is 11.9 Å². The topological polar surface area (TPSA) is 90.8 Å². The van der Waals surface area contributed by atoms with Gasteiger partial charge in [-0.15, -0.1) is 4.99 Å². The first kappa shape index (κ1) is 9.50. The maximum Gasteiger partial charge on any atom is 0.434 e. The van der Waals surface area contributed by atoms with Gasteiger partial charge in [0, 0.05) is 12.0 Å². The third-order valence-corrected chi connectivity index (χ3v) is 1.52. The minimum absolute atomic E-state index is 0.00579. The number of nitrogens with zero attached hydrogens (tertiary/aromatic N) is 1. The Morgan fingerprint density at radius 2 is 2.23 bits per heavy atom. The molecule has 0 bridgehead atoms. The van der Waals surface area contributed by atoms with Gasteiger partial charge in [0.1, 0.15) is 0 Å². The van der Waals surface area contributed by atoms with Gasteiger partial charge in [-0.3, -0.25) is 10.1 Å². The second-order valence-electron chi connectivity index (χ2n) is 3.48. The Bertz CT molecular complexity index is 283. The van der Waals surface area contributed by atoms with Crippen LogP contribution in [0, 0.1) is 0 Å². The van der Waals surface area contributed by atoms with Crippen molar-refractivity contribution >= 4 is 18.0 Å². The molecule has 2 amide bonds. The van der Waals surface area contributed by atoms with Gasteiger partial charge in [-0.05, 0) is 13.8 Å². The molecule has 0 spiro atoms. The number of rotatable bonds is 0. The van der Waals surface area contributed by atoms with E-state index in [1.165, 1.54) is 0 Å². The number of carboxylic acid groups (broad SMARTS) is 1. The van der Waals surface area contributed by atoms with Crippen LogP contribution in [0.15, 0.2) is 4.99 Å². The highest BCUT2D eigenvalue weighted by Gasteiger charge is 2.29. The van der Waals surface area contributed by atoms with Crippen LogP contribution in [0.4, 0.5) is 4.79 Å². The van der Waals surface area contributed by atoms with Gasteiger partial charge in [0.15, 0.2) is 0 Å². The molecule has 0 aromatic rings. The maximum atomic E-state index is 11.0. The summed E-state index contributed by atoms with van der Waals surface area (Å²) in [5, 5.41) is 13.5. The molecule has 1 saturated heterocycles. The minimum atomic E-state index is -1.33. The van der Waals surface area contributed by atoms with Crippen molar-refractivity contribution in [1.29, 1.82) is 0 Å². The zero-order valence-corrected chi connectivity index (χ0v) is 7.42. The standard InChI is InChI=1S/C7H11N3O3/c1-7(2)3-4(11)8-5(10-7)9-6(12)13/h3H2,1-2H3,(H,12,13)(H2,8,9,10,11). The predicted molar refractivity (Wildman–Crippen MR) is 45.4 cm³/mol. The Morgan fingerprint density at radius 1 is 1.62 bits per heavy atom. The van der Waals surface area contributed by atoms with Crippen LogP contribution in [0.5, 0.6) is 0 Å². The number of hydrogen-bond donors (Lipinski definition) is 3. The average Bonchev–Trinajstić information content (AvgIpc) is 1.78. The quantitative estimate of drug-likeness (QED) is 0.491. The van der Waals surface area contributed by atoms with E-state index in [4.69, 9.17) is 5.11 Å². The van der Waals surface area contributed by atoms with Crippen LogP contribution in [0.2, 0.25) is 0 Å². The largest absolute Gasteiger partial charge is 0.463 e. The van der Waals surface area contributed by atoms with Gasteiger partial charge < -0.3 is 10.4 Å². The van der Waals surface area contributed by atoms with Crippen LogP contribution < -0.4 is 10.6 Å². The van der Waals surface area contributed by atoms with Crippen molar-refractivity contribution in [3.05, 3.63) is 0 Å². The highest BCUT2D eigenvalue weighted by Crippen LogP contribution is 2.10. The second kappa shape index (κ2) is 3.04. The second-order valence-corrected chi connectivity index (χ2v) is 3.48. The molecule has 6 nitrogen and oxygen atoms in total. The first-order chi connectivity index (χ1) is 5.89. The molecule has 6 heteroatoms. The van der Waals surface area contributed by atoms with E-state index in [1.807, 2.05) is 0 Å². The number of hydrogen-bond acceptors (Lipinski definition) is 2. The van der Waals surface area contributed by atoms with Crippen molar-refractivity contribution in [3.8, 4) is 0 Å². The van der Waals surface area contributed by atoms with Crippen LogP contribution in [0.1, 0.15) is 20.3 Å². The lowest BCUT2D eigenvalue weighted by Crippen LogP contribution is -2.58. The highest BCUT2D eigenvalue weighted by atomic mass is 16.4. The summed E-state index contributed by atoms with van der Waals surface area (Å²) in [4.78, 5) is 24.4. The van der Waals surface area contributed by atoms with Gasteiger partial charge in [0.05, 0.1) is 0 Å². The summed E-state index contributed by atoms with van der Waals surface area (Å²) in [5.41, 5.74) is -0.448. The van der Waals surface area contributed by atoms with Crippen LogP contribution >= 0.6 is 0 Å². The molecule has 1 fully saturated rings. The molecule has 0 aliphatic carbocycles. The van der Waals surface area contributed by atoms with Crippen LogP contribution in [0.25, 0.3) is 0 Å². The molecule has 1 aliphatic heterocycles. The fourth-order valence-electron chi connectivity index (χ4n) is 1.13. The molecule has 72 valence electrons. The smallest absolute Gasteiger partial charge is 0.434 e. The Balaban J connectivity index is 2.80. The molecule has 0 saturated carbocycles. The van der Waals surface area contributed by atoms with Crippen LogP contribution in [-0.2, 0) is 4.79 Å². The summed E-state index contributed by atoms with van der Waals surface area (Å²) in [6, 6.07) is 0. The molecule has 0 aromatic heterocycles. The molecular weight excluding hydrogens is 174 g/mol. The highest BCUT2D eigenvalue weighted by molar-refractivity contribution is 6.03. The zero-order chi connectivity index (χ0) is 10.1. The number of amides is 2. The van der Waals surface area contributed by atoms with Gasteiger partial charge in [-0.25, -0.2) is 4.79 Å². The lowest BCUT2D eigenvalue weighted by molar-refractivity contribution is -0.121. The van der Waals surface area contributed by atoms with E-state index in [0.717, 1.165) is 0 Å². The third kappa shape index (κ3) is 2.73. The van der Waals surface area contributed by atoms with E-state index in [1.54, 1.807) is 13.8 Å². The van der Waals surface area contributed by atoms with Gasteiger partial charge in [-0.1, -0.05) is 0 Å². The maximum absolute atomic E-state index is 11.0. The molecule has 3 N–H and O–H groups in total. The summed E-state index contributed by atoms with van der Waals surface area (Å²) in [7, 11) is 0. The fourth-order valence-corrected chi connectivity index (χ4v) is 1.13. The molecule has 0 radical (unpaired) electrons. The van der Waals surface area contributed by atoms with Gasteiger partial charge in [0.25, 0.3) is 0 Å². The Kier molecular flexibility index (Phi) is 2.22. The third-order valence-electron chi connectivity index (χ3n) is 1.52. The van der Waals surface area contributed by atoms with Crippen molar-refractivity contribution in [3.63, 3.8) is 0 Å². The number of guanidine groups is 1. The Hall–Kier alpha value is -1.59. The Labute approximate surface area is 75.0 Å². The lowest BCUT2D eigenvalue weighted by Gasteiger charge is -2.31. The fraction of sp³-hybridized carbons (Fsp3) is 0.571. The number of aliphatic imine (C=N–C) groups is 1. The molecule has 13 heavy (non-hydrogen) atoms. The van der Waals surface area contributed by atoms with Gasteiger partial charge in [0.2, 0.25) is 11.9 Å². The Morgan fingerprint density at radius 3 is 2.69 bits per heavy atom. The summed E-state index contributed by atoms with van der Waals surface area (Å²) in [6.07, 6.45) is -1.04. The van der Waals surface area contributed by atoms with Crippen molar-refractivity contribution in [1.82, 2.24) is 10.6 Å². The number of nitrogens with one attached hydrogen (secondary N) is 2. The first-order valence-corrected chi connectivity index (χ1v) is 3.79. The summed E-state index contributed by atoms with van der Waals surface area (Å²) >= 11 is 0. The lowest BCUT2D eigenvalue weighted by atomic mass is 9.99. The monoisotopic (exact) mass is 185 g/mol. The molecule has 1 aliphatic rings. The van der Waals surface area contributed by atoms with E-state index in [0.29, 0.717) is 6.42 Å². The molecule has 0 aromatic carbocycles. The van der Waals surface area contributed by atoms with Gasteiger partial charge >= 0.3 is 6.09 Å². The van der Waals surface area contributed by atoms with Crippen LogP contribution in [-0.4, -0.2) is 28.6 Å². The molecule has 0 atom stereocenters. The van der Waals surface area contributed by atoms with E-state index in [2.05, 4.69) is 15.6 Å². The van der Waals surface area contributed by atoms with Crippen molar-refractivity contribution in [2.75, 3.05) is 0 Å². The zero-order valence-electron chi connectivity index (χ0n) is 7.42. The average molecular weight is 185 g/mol. The summed E-state index contributed by atoms with van der Waals surface area (Å²) in [5.74, 6) is -0.238. The normalized spacial score (nSPS) is 23.5.